The van der Waals surface area contributed by atoms with Gasteiger partial charge in [-0.2, -0.15) is 0 Å². The van der Waals surface area contributed by atoms with Gasteiger partial charge in [-0.1, -0.05) is 0 Å². The average Bonchev–Trinajstić information content (AvgIpc) is 3.38. The highest BCUT2D eigenvalue weighted by molar-refractivity contribution is 6.44. The molecule has 1 aliphatic heterocycles. The van der Waals surface area contributed by atoms with Crippen molar-refractivity contribution in [3.8, 4) is 0 Å². The Morgan fingerprint density at radius 3 is 2.56 bits per heavy atom. The van der Waals surface area contributed by atoms with Gasteiger partial charge in [-0.25, -0.2) is 4.39 Å². The van der Waals surface area contributed by atoms with E-state index in [0.717, 1.165) is 6.42 Å². The molecule has 2 fully saturated rings. The quantitative estimate of drug-likeness (QED) is 0.448. The van der Waals surface area contributed by atoms with Gasteiger partial charge in [0.1, 0.15) is 17.6 Å². The summed E-state index contributed by atoms with van der Waals surface area (Å²) >= 11 is 0. The zero-order chi connectivity index (χ0) is 23.7. The third kappa shape index (κ3) is 4.79. The van der Waals surface area contributed by atoms with Crippen molar-refractivity contribution in [1.29, 1.82) is 5.41 Å². The fourth-order valence-electron chi connectivity index (χ4n) is 4.15. The number of aryl methyl sites for hydroxylation is 2. The predicted octanol–water partition coefficient (Wildman–Crippen LogP) is 1.33. The first-order chi connectivity index (χ1) is 15.0. The summed E-state index contributed by atoms with van der Waals surface area (Å²) < 4.78 is 13.8. The molecule has 172 valence electrons. The van der Waals surface area contributed by atoms with Crippen LogP contribution >= 0.6 is 0 Å². The van der Waals surface area contributed by atoms with Crippen LogP contribution in [0.1, 0.15) is 43.6 Å². The molecular formula is C22H29FN6O3. The van der Waals surface area contributed by atoms with Gasteiger partial charge in [-0.3, -0.25) is 24.8 Å². The summed E-state index contributed by atoms with van der Waals surface area (Å²) in [5.74, 6) is -1.65. The number of allylic oxidation sites excluding steroid dienone is 1. The molecule has 1 aliphatic carbocycles. The number of hydrogen-bond acceptors (Lipinski definition) is 6. The molecule has 32 heavy (non-hydrogen) atoms. The molecule has 10 heteroatoms. The van der Waals surface area contributed by atoms with Gasteiger partial charge >= 0.3 is 0 Å². The van der Waals surface area contributed by atoms with Crippen molar-refractivity contribution >= 4 is 29.1 Å². The van der Waals surface area contributed by atoms with Crippen molar-refractivity contribution in [2.45, 2.75) is 52.6 Å². The fraction of sp³-hybridized carbons (Fsp3) is 0.500. The largest absolute Gasteiger partial charge is 0.374 e. The van der Waals surface area contributed by atoms with Crippen molar-refractivity contribution in [3.63, 3.8) is 0 Å². The third-order valence-corrected chi connectivity index (χ3v) is 5.92. The molecule has 3 atom stereocenters. The second kappa shape index (κ2) is 9.05. The van der Waals surface area contributed by atoms with E-state index in [1.807, 2.05) is 0 Å². The minimum atomic E-state index is -0.884. The summed E-state index contributed by atoms with van der Waals surface area (Å²) in [6.07, 6.45) is 1.40. The van der Waals surface area contributed by atoms with E-state index in [2.05, 4.69) is 15.6 Å². The van der Waals surface area contributed by atoms with E-state index in [4.69, 9.17) is 11.1 Å². The highest BCUT2D eigenvalue weighted by Gasteiger charge is 2.55. The summed E-state index contributed by atoms with van der Waals surface area (Å²) in [7, 11) is 0. The van der Waals surface area contributed by atoms with Crippen molar-refractivity contribution in [2.24, 2.45) is 11.7 Å². The molecule has 2 aliphatic rings. The molecule has 0 bridgehead atoms. The first-order valence-electron chi connectivity index (χ1n) is 10.5. The standard InChI is InChI=1S/C22H29FN6O3/c1-10(2)15(23)8-27-22(32)17-7-13-6-16(13)29(17)18(30)9-26-20-12(4)28-11(3)5-14(20)19(24)21(25)31/h5,13,16-17,24,26H,6-9H2,1-4H3,(H2,25,31)(H,27,32)/t13-,16-,17+/m1/s1. The Labute approximate surface area is 186 Å². The van der Waals surface area contributed by atoms with Crippen LogP contribution in [0.4, 0.5) is 10.1 Å². The molecule has 9 nitrogen and oxygen atoms in total. The number of hydrogen-bond donors (Lipinski definition) is 4. The van der Waals surface area contributed by atoms with Crippen LogP contribution in [0.2, 0.25) is 0 Å². The van der Waals surface area contributed by atoms with E-state index in [1.54, 1.807) is 38.7 Å². The Bertz CT molecular complexity index is 1020. The fourth-order valence-corrected chi connectivity index (χ4v) is 4.15. The summed E-state index contributed by atoms with van der Waals surface area (Å²) in [5.41, 5.74) is 7.18. The molecule has 3 amide bonds. The van der Waals surface area contributed by atoms with Gasteiger partial charge in [0.05, 0.1) is 24.5 Å². The first-order valence-corrected chi connectivity index (χ1v) is 10.5. The summed E-state index contributed by atoms with van der Waals surface area (Å²) in [6.45, 7) is 6.36. The van der Waals surface area contributed by atoms with Crippen LogP contribution in [-0.4, -0.2) is 58.5 Å². The maximum atomic E-state index is 13.8. The topological polar surface area (TPSA) is 141 Å². The van der Waals surface area contributed by atoms with Crippen molar-refractivity contribution in [3.05, 3.63) is 34.4 Å². The number of pyridine rings is 1. The van der Waals surface area contributed by atoms with Gasteiger partial charge in [0, 0.05) is 17.3 Å². The van der Waals surface area contributed by atoms with E-state index >= 15 is 0 Å². The number of carbonyl (C=O) groups is 3. The molecule has 0 spiro atoms. The molecule has 0 unspecified atom stereocenters. The molecule has 1 aromatic rings. The third-order valence-electron chi connectivity index (χ3n) is 5.92. The number of rotatable bonds is 8. The molecule has 1 saturated heterocycles. The van der Waals surface area contributed by atoms with Gasteiger partial charge < -0.3 is 21.3 Å². The lowest BCUT2D eigenvalue weighted by atomic mass is 10.1. The number of amides is 3. The van der Waals surface area contributed by atoms with Gasteiger partial charge in [0.25, 0.3) is 5.91 Å². The summed E-state index contributed by atoms with van der Waals surface area (Å²) in [4.78, 5) is 43.1. The molecular weight excluding hydrogens is 415 g/mol. The lowest BCUT2D eigenvalue weighted by molar-refractivity contribution is -0.138. The Morgan fingerprint density at radius 1 is 1.25 bits per heavy atom. The molecule has 1 aromatic heterocycles. The van der Waals surface area contributed by atoms with Crippen LogP contribution in [0.25, 0.3) is 0 Å². The minimum Gasteiger partial charge on any atom is -0.374 e. The smallest absolute Gasteiger partial charge is 0.267 e. The Kier molecular flexibility index (Phi) is 6.61. The lowest BCUT2D eigenvalue weighted by Crippen LogP contribution is -2.49. The molecule has 0 aromatic carbocycles. The predicted molar refractivity (Wildman–Crippen MR) is 118 cm³/mol. The zero-order valence-electron chi connectivity index (χ0n) is 18.7. The number of carbonyl (C=O) groups excluding carboxylic acids is 3. The van der Waals surface area contributed by atoms with E-state index in [0.29, 0.717) is 29.1 Å². The Morgan fingerprint density at radius 2 is 1.94 bits per heavy atom. The first kappa shape index (κ1) is 23.4. The second-order valence-electron chi connectivity index (χ2n) is 8.60. The van der Waals surface area contributed by atoms with Crippen LogP contribution in [0.3, 0.4) is 0 Å². The Hall–Kier alpha value is -3.30. The second-order valence-corrected chi connectivity index (χ2v) is 8.60. The maximum Gasteiger partial charge on any atom is 0.267 e. The number of anilines is 1. The van der Waals surface area contributed by atoms with E-state index in [9.17, 15) is 18.8 Å². The molecule has 2 heterocycles. The SMILES string of the molecule is CC(C)=C(F)CNC(=O)[C@@H]1C[C@H]2C[C@H]2N1C(=O)CNc1c(C(=N)C(N)=O)cc(C)nc1C. The normalized spacial score (nSPS) is 20.9. The van der Waals surface area contributed by atoms with E-state index < -0.39 is 17.8 Å². The molecule has 1 saturated carbocycles. The van der Waals surface area contributed by atoms with Gasteiger partial charge in [-0.05, 0) is 58.1 Å². The number of fused-ring (bicyclic) bond motifs is 1. The van der Waals surface area contributed by atoms with Crippen molar-refractivity contribution in [1.82, 2.24) is 15.2 Å². The van der Waals surface area contributed by atoms with Gasteiger partial charge in [0.15, 0.2) is 0 Å². The van der Waals surface area contributed by atoms with Crippen molar-refractivity contribution in [2.75, 3.05) is 18.4 Å². The molecule has 5 N–H and O–H groups in total. The average molecular weight is 445 g/mol. The highest BCUT2D eigenvalue weighted by atomic mass is 19.1. The maximum absolute atomic E-state index is 13.8. The van der Waals surface area contributed by atoms with Gasteiger partial charge in [0.2, 0.25) is 11.8 Å². The van der Waals surface area contributed by atoms with Crippen LogP contribution in [0, 0.1) is 25.2 Å². The Balaban J connectivity index is 1.72. The summed E-state index contributed by atoms with van der Waals surface area (Å²) in [6, 6.07) is 0.931. The number of likely N-dealkylation sites (tertiary alicyclic amines) is 1. The highest BCUT2D eigenvalue weighted by Crippen LogP contribution is 2.47. The van der Waals surface area contributed by atoms with Crippen LogP contribution < -0.4 is 16.4 Å². The number of nitrogens with zero attached hydrogens (tertiary/aromatic N) is 2. The molecule has 3 rings (SSSR count). The molecule has 0 radical (unpaired) electrons. The lowest BCUT2D eigenvalue weighted by Gasteiger charge is -2.27. The van der Waals surface area contributed by atoms with Crippen LogP contribution in [0.15, 0.2) is 17.5 Å². The van der Waals surface area contributed by atoms with Crippen LogP contribution in [-0.2, 0) is 14.4 Å². The van der Waals surface area contributed by atoms with Crippen molar-refractivity contribution < 1.29 is 18.8 Å². The number of primary amides is 1. The minimum absolute atomic E-state index is 0.00831. The van der Waals surface area contributed by atoms with Gasteiger partial charge in [-0.15, -0.1) is 0 Å². The number of halogens is 1. The van der Waals surface area contributed by atoms with E-state index in [1.165, 1.54) is 0 Å². The number of piperidine rings is 1. The monoisotopic (exact) mass is 444 g/mol. The van der Waals surface area contributed by atoms with Crippen LogP contribution in [0.5, 0.6) is 0 Å². The number of nitrogens with one attached hydrogen (secondary N) is 3. The van der Waals surface area contributed by atoms with E-state index in [-0.39, 0.29) is 48.1 Å². The number of nitrogens with two attached hydrogens (primary N) is 1. The number of aromatic nitrogens is 1. The zero-order valence-corrected chi connectivity index (χ0v) is 18.7. The summed E-state index contributed by atoms with van der Waals surface area (Å²) in [5, 5.41) is 13.5.